The standard InChI is InChI=1S/C16H13Cl2FN2O2/c1-9(10-2-4-13(19)5-3-10)20-15(22)16(23)21-14-7-11(17)6-12(18)8-14/h2-9H,1H3,(H,20,22)(H,21,23)/t9-/m1/s1. The summed E-state index contributed by atoms with van der Waals surface area (Å²) in [6.07, 6.45) is 0. The van der Waals surface area contributed by atoms with Gasteiger partial charge in [0.1, 0.15) is 5.82 Å². The van der Waals surface area contributed by atoms with Gasteiger partial charge in [0.05, 0.1) is 6.04 Å². The number of hydrogen-bond acceptors (Lipinski definition) is 2. The van der Waals surface area contributed by atoms with Crippen molar-refractivity contribution in [1.29, 1.82) is 0 Å². The second-order valence-corrected chi connectivity index (χ2v) is 5.73. The van der Waals surface area contributed by atoms with Gasteiger partial charge in [0.25, 0.3) is 0 Å². The summed E-state index contributed by atoms with van der Waals surface area (Å²) in [6, 6.07) is 9.65. The lowest BCUT2D eigenvalue weighted by Gasteiger charge is -2.14. The summed E-state index contributed by atoms with van der Waals surface area (Å²) in [4.78, 5) is 23.8. The molecule has 120 valence electrons. The monoisotopic (exact) mass is 354 g/mol. The van der Waals surface area contributed by atoms with Crippen molar-refractivity contribution in [3.05, 3.63) is 63.9 Å². The van der Waals surface area contributed by atoms with E-state index in [0.29, 0.717) is 21.3 Å². The topological polar surface area (TPSA) is 58.2 Å². The molecule has 2 amide bonds. The van der Waals surface area contributed by atoms with Crippen LogP contribution in [0.4, 0.5) is 10.1 Å². The fourth-order valence-electron chi connectivity index (χ4n) is 1.91. The number of hydrogen-bond donors (Lipinski definition) is 2. The highest BCUT2D eigenvalue weighted by molar-refractivity contribution is 6.40. The van der Waals surface area contributed by atoms with Gasteiger partial charge in [-0.15, -0.1) is 0 Å². The van der Waals surface area contributed by atoms with Gasteiger partial charge < -0.3 is 10.6 Å². The Morgan fingerprint density at radius 2 is 1.57 bits per heavy atom. The molecular weight excluding hydrogens is 342 g/mol. The smallest absolute Gasteiger partial charge is 0.313 e. The Morgan fingerprint density at radius 3 is 2.13 bits per heavy atom. The highest BCUT2D eigenvalue weighted by Gasteiger charge is 2.17. The molecule has 0 saturated carbocycles. The Balaban J connectivity index is 1.99. The molecule has 0 aliphatic carbocycles. The van der Waals surface area contributed by atoms with Crippen molar-refractivity contribution in [3.8, 4) is 0 Å². The van der Waals surface area contributed by atoms with Crippen molar-refractivity contribution < 1.29 is 14.0 Å². The van der Waals surface area contributed by atoms with Gasteiger partial charge in [-0.3, -0.25) is 9.59 Å². The minimum absolute atomic E-state index is 0.317. The normalized spacial score (nSPS) is 11.7. The van der Waals surface area contributed by atoms with E-state index in [0.717, 1.165) is 0 Å². The second kappa shape index (κ2) is 7.44. The van der Waals surface area contributed by atoms with Crippen LogP contribution in [0.5, 0.6) is 0 Å². The summed E-state index contributed by atoms with van der Waals surface area (Å²) >= 11 is 11.6. The molecule has 0 fully saturated rings. The van der Waals surface area contributed by atoms with Gasteiger partial charge in [-0.1, -0.05) is 35.3 Å². The first-order valence-electron chi connectivity index (χ1n) is 6.68. The van der Waals surface area contributed by atoms with Crippen LogP contribution in [0.1, 0.15) is 18.5 Å². The zero-order chi connectivity index (χ0) is 17.0. The average molecular weight is 355 g/mol. The number of benzene rings is 2. The predicted octanol–water partition coefficient (Wildman–Crippen LogP) is 3.95. The van der Waals surface area contributed by atoms with E-state index in [1.54, 1.807) is 6.92 Å². The number of carbonyl (C=O) groups is 2. The van der Waals surface area contributed by atoms with Crippen molar-refractivity contribution in [2.45, 2.75) is 13.0 Å². The van der Waals surface area contributed by atoms with E-state index < -0.39 is 17.9 Å². The van der Waals surface area contributed by atoms with Crippen LogP contribution in [0, 0.1) is 5.82 Å². The first-order chi connectivity index (χ1) is 10.8. The number of nitrogens with one attached hydrogen (secondary N) is 2. The molecule has 0 heterocycles. The number of rotatable bonds is 3. The lowest BCUT2D eigenvalue weighted by Crippen LogP contribution is -2.36. The number of anilines is 1. The SMILES string of the molecule is C[C@@H](NC(=O)C(=O)Nc1cc(Cl)cc(Cl)c1)c1ccc(F)cc1. The van der Waals surface area contributed by atoms with E-state index in [1.807, 2.05) is 0 Å². The quantitative estimate of drug-likeness (QED) is 0.820. The highest BCUT2D eigenvalue weighted by atomic mass is 35.5. The maximum absolute atomic E-state index is 12.9. The van der Waals surface area contributed by atoms with Gasteiger partial charge in [0.2, 0.25) is 0 Å². The Bertz CT molecular complexity index is 715. The lowest BCUT2D eigenvalue weighted by molar-refractivity contribution is -0.136. The summed E-state index contributed by atoms with van der Waals surface area (Å²) in [5.74, 6) is -2.04. The van der Waals surface area contributed by atoms with Gasteiger partial charge in [0.15, 0.2) is 0 Å². The lowest BCUT2D eigenvalue weighted by atomic mass is 10.1. The van der Waals surface area contributed by atoms with Crippen LogP contribution >= 0.6 is 23.2 Å². The van der Waals surface area contributed by atoms with E-state index in [-0.39, 0.29) is 5.82 Å². The van der Waals surface area contributed by atoms with Crippen molar-refractivity contribution in [1.82, 2.24) is 5.32 Å². The van der Waals surface area contributed by atoms with E-state index in [2.05, 4.69) is 10.6 Å². The minimum Gasteiger partial charge on any atom is -0.341 e. The van der Waals surface area contributed by atoms with E-state index in [1.165, 1.54) is 42.5 Å². The molecular formula is C16H13Cl2FN2O2. The molecule has 2 aromatic rings. The number of carbonyl (C=O) groups excluding carboxylic acids is 2. The summed E-state index contributed by atoms with van der Waals surface area (Å²) in [5, 5.41) is 5.62. The van der Waals surface area contributed by atoms with Crippen LogP contribution < -0.4 is 10.6 Å². The maximum atomic E-state index is 12.9. The van der Waals surface area contributed by atoms with Crippen molar-refractivity contribution >= 4 is 40.7 Å². The molecule has 2 rings (SSSR count). The molecule has 7 heteroatoms. The molecule has 0 aromatic heterocycles. The summed E-state index contributed by atoms with van der Waals surface area (Å²) in [6.45, 7) is 1.69. The first kappa shape index (κ1) is 17.2. The molecule has 0 spiro atoms. The van der Waals surface area contributed by atoms with E-state index in [9.17, 15) is 14.0 Å². The molecule has 0 radical (unpaired) electrons. The fourth-order valence-corrected chi connectivity index (χ4v) is 2.44. The molecule has 4 nitrogen and oxygen atoms in total. The highest BCUT2D eigenvalue weighted by Crippen LogP contribution is 2.22. The molecule has 0 bridgehead atoms. The molecule has 2 N–H and O–H groups in total. The maximum Gasteiger partial charge on any atom is 0.313 e. The number of halogens is 3. The van der Waals surface area contributed by atoms with Crippen LogP contribution in [0.25, 0.3) is 0 Å². The average Bonchev–Trinajstić information content (AvgIpc) is 2.46. The van der Waals surface area contributed by atoms with Crippen molar-refractivity contribution in [2.75, 3.05) is 5.32 Å². The van der Waals surface area contributed by atoms with Gasteiger partial charge in [-0.05, 0) is 42.8 Å². The third kappa shape index (κ3) is 4.94. The van der Waals surface area contributed by atoms with Crippen LogP contribution in [-0.4, -0.2) is 11.8 Å². The first-order valence-corrected chi connectivity index (χ1v) is 7.44. The van der Waals surface area contributed by atoms with E-state index in [4.69, 9.17) is 23.2 Å². The third-order valence-corrected chi connectivity index (χ3v) is 3.48. The van der Waals surface area contributed by atoms with Gasteiger partial charge >= 0.3 is 11.8 Å². The molecule has 1 atom stereocenters. The zero-order valence-corrected chi connectivity index (χ0v) is 13.6. The second-order valence-electron chi connectivity index (χ2n) is 4.86. The largest absolute Gasteiger partial charge is 0.341 e. The Morgan fingerprint density at radius 1 is 1.00 bits per heavy atom. The summed E-state index contributed by atoms with van der Waals surface area (Å²) < 4.78 is 12.9. The van der Waals surface area contributed by atoms with Gasteiger partial charge in [0, 0.05) is 15.7 Å². The van der Waals surface area contributed by atoms with E-state index >= 15 is 0 Å². The van der Waals surface area contributed by atoms with Crippen molar-refractivity contribution in [2.24, 2.45) is 0 Å². The molecule has 0 aliphatic heterocycles. The van der Waals surface area contributed by atoms with Gasteiger partial charge in [-0.25, -0.2) is 4.39 Å². The summed E-state index contributed by atoms with van der Waals surface area (Å²) in [7, 11) is 0. The summed E-state index contributed by atoms with van der Waals surface area (Å²) in [5.41, 5.74) is 0.996. The molecule has 2 aromatic carbocycles. The van der Waals surface area contributed by atoms with Crippen LogP contribution in [0.3, 0.4) is 0 Å². The third-order valence-electron chi connectivity index (χ3n) is 3.04. The Hall–Kier alpha value is -2.11. The van der Waals surface area contributed by atoms with Gasteiger partial charge in [-0.2, -0.15) is 0 Å². The fraction of sp³-hybridized carbons (Fsp3) is 0.125. The molecule has 0 saturated heterocycles. The van der Waals surface area contributed by atoms with Crippen LogP contribution in [-0.2, 0) is 9.59 Å². The molecule has 0 aliphatic rings. The minimum atomic E-state index is -0.850. The number of amides is 2. The van der Waals surface area contributed by atoms with Crippen LogP contribution in [0.2, 0.25) is 10.0 Å². The predicted molar refractivity (Wildman–Crippen MR) is 88.0 cm³/mol. The Labute approximate surface area is 142 Å². The zero-order valence-electron chi connectivity index (χ0n) is 12.1. The Kier molecular flexibility index (Phi) is 5.58. The van der Waals surface area contributed by atoms with Crippen LogP contribution in [0.15, 0.2) is 42.5 Å². The molecule has 23 heavy (non-hydrogen) atoms. The molecule has 0 unspecified atom stereocenters. The van der Waals surface area contributed by atoms with Crippen molar-refractivity contribution in [3.63, 3.8) is 0 Å².